The Balaban J connectivity index is 2.06. The summed E-state index contributed by atoms with van der Waals surface area (Å²) in [5.74, 6) is -0.592. The molecule has 0 saturated heterocycles. The van der Waals surface area contributed by atoms with Crippen molar-refractivity contribution in [3.8, 4) is 11.1 Å². The van der Waals surface area contributed by atoms with Crippen LogP contribution in [0.25, 0.3) is 32.8 Å². The molecule has 1 heterocycles. The van der Waals surface area contributed by atoms with E-state index in [1.54, 1.807) is 36.4 Å². The smallest absolute Gasteiger partial charge is 0.417 e. The van der Waals surface area contributed by atoms with E-state index in [2.05, 4.69) is 4.74 Å². The second kappa shape index (κ2) is 8.37. The molecule has 0 saturated carbocycles. The lowest BCUT2D eigenvalue weighted by Gasteiger charge is -2.19. The van der Waals surface area contributed by atoms with Gasteiger partial charge in [-0.05, 0) is 34.4 Å². The maximum atomic E-state index is 14.3. The summed E-state index contributed by atoms with van der Waals surface area (Å²) in [7, 11) is 2.69. The van der Waals surface area contributed by atoms with E-state index in [-0.39, 0.29) is 22.9 Å². The summed E-state index contributed by atoms with van der Waals surface area (Å²) in [6, 6.07) is 15.0. The number of carbonyl (C=O) groups excluding carboxylic acids is 1. The molecular formula is C25H21F3N2O3. The van der Waals surface area contributed by atoms with Crippen molar-refractivity contribution in [2.45, 2.75) is 18.6 Å². The maximum Gasteiger partial charge on any atom is 0.417 e. The first kappa shape index (κ1) is 22.5. The van der Waals surface area contributed by atoms with Crippen LogP contribution in [0, 0.1) is 0 Å². The standard InChI is InChI=1S/C25H21F3N2O3/c1-30-20-12-4-3-8-18(20)22(25(26,27)28)21(23(30)31)17-11-6-9-15-14(7-5-10-16(15)17)13-19(29)24(32)33-2/h3-12,19H,13,29H2,1-2H3/t19-/m0/s1. The van der Waals surface area contributed by atoms with Gasteiger partial charge in [0.05, 0.1) is 23.8 Å². The molecule has 0 fully saturated rings. The number of aryl methyl sites for hydroxylation is 1. The molecule has 0 amide bonds. The zero-order valence-electron chi connectivity index (χ0n) is 17.9. The predicted octanol–water partition coefficient (Wildman–Crippen LogP) is 4.42. The largest absolute Gasteiger partial charge is 0.468 e. The number of benzene rings is 3. The molecule has 0 aliphatic heterocycles. The van der Waals surface area contributed by atoms with Crippen LogP contribution in [-0.2, 0) is 29.2 Å². The van der Waals surface area contributed by atoms with E-state index in [1.807, 2.05) is 0 Å². The average molecular weight is 454 g/mol. The highest BCUT2D eigenvalue weighted by Crippen LogP contribution is 2.41. The van der Waals surface area contributed by atoms with Gasteiger partial charge in [0.15, 0.2) is 0 Å². The number of esters is 1. The lowest BCUT2D eigenvalue weighted by Crippen LogP contribution is -2.33. The van der Waals surface area contributed by atoms with Gasteiger partial charge < -0.3 is 15.0 Å². The average Bonchev–Trinajstić information content (AvgIpc) is 2.79. The molecule has 0 radical (unpaired) electrons. The topological polar surface area (TPSA) is 74.3 Å². The summed E-state index contributed by atoms with van der Waals surface area (Å²) in [6.45, 7) is 0. The van der Waals surface area contributed by atoms with Gasteiger partial charge in [-0.25, -0.2) is 0 Å². The second-order valence-corrected chi connectivity index (χ2v) is 7.78. The maximum absolute atomic E-state index is 14.3. The number of alkyl halides is 3. The molecular weight excluding hydrogens is 433 g/mol. The molecule has 0 aliphatic rings. The number of hydrogen-bond acceptors (Lipinski definition) is 4. The van der Waals surface area contributed by atoms with Crippen LogP contribution < -0.4 is 11.3 Å². The highest BCUT2D eigenvalue weighted by atomic mass is 19.4. The number of rotatable bonds is 4. The van der Waals surface area contributed by atoms with Crippen LogP contribution in [0.15, 0.2) is 65.5 Å². The molecule has 8 heteroatoms. The fourth-order valence-corrected chi connectivity index (χ4v) is 4.28. The molecule has 1 atom stereocenters. The first-order valence-electron chi connectivity index (χ1n) is 10.2. The van der Waals surface area contributed by atoms with Gasteiger partial charge in [0.25, 0.3) is 5.56 Å². The van der Waals surface area contributed by atoms with Crippen molar-refractivity contribution >= 4 is 27.6 Å². The molecule has 0 unspecified atom stereocenters. The summed E-state index contributed by atoms with van der Waals surface area (Å²) in [5.41, 5.74) is 4.81. The molecule has 0 aliphatic carbocycles. The van der Waals surface area contributed by atoms with Gasteiger partial charge in [-0.3, -0.25) is 9.59 Å². The van der Waals surface area contributed by atoms with Gasteiger partial charge in [0, 0.05) is 12.4 Å². The van der Waals surface area contributed by atoms with Gasteiger partial charge in [-0.2, -0.15) is 13.2 Å². The Labute approximate surface area is 187 Å². The molecule has 170 valence electrons. The number of pyridine rings is 1. The third-order valence-electron chi connectivity index (χ3n) is 5.81. The molecule has 33 heavy (non-hydrogen) atoms. The summed E-state index contributed by atoms with van der Waals surface area (Å²) in [6.07, 6.45) is -4.62. The van der Waals surface area contributed by atoms with Crippen molar-refractivity contribution in [3.63, 3.8) is 0 Å². The molecule has 2 N–H and O–H groups in total. The van der Waals surface area contributed by atoms with Gasteiger partial charge in [0.2, 0.25) is 0 Å². The van der Waals surface area contributed by atoms with E-state index < -0.39 is 34.9 Å². The number of nitrogens with zero attached hydrogens (tertiary/aromatic N) is 1. The zero-order valence-corrected chi connectivity index (χ0v) is 17.9. The van der Waals surface area contributed by atoms with Crippen LogP contribution in [0.5, 0.6) is 0 Å². The molecule has 0 spiro atoms. The number of nitrogens with two attached hydrogens (primary N) is 1. The van der Waals surface area contributed by atoms with Crippen molar-refractivity contribution < 1.29 is 22.7 Å². The Bertz CT molecular complexity index is 1440. The molecule has 3 aromatic carbocycles. The summed E-state index contributed by atoms with van der Waals surface area (Å²) >= 11 is 0. The fraction of sp³-hybridized carbons (Fsp3) is 0.200. The Hall–Kier alpha value is -3.65. The lowest BCUT2D eigenvalue weighted by atomic mass is 9.90. The Morgan fingerprint density at radius 1 is 1.00 bits per heavy atom. The molecule has 1 aromatic heterocycles. The van der Waals surface area contributed by atoms with Gasteiger partial charge in [-0.1, -0.05) is 54.6 Å². The summed E-state index contributed by atoms with van der Waals surface area (Å²) in [4.78, 5) is 25.1. The number of methoxy groups -OCH3 is 1. The van der Waals surface area contributed by atoms with E-state index in [9.17, 15) is 22.8 Å². The Morgan fingerprint density at radius 3 is 2.33 bits per heavy atom. The number of fused-ring (bicyclic) bond motifs is 2. The first-order valence-corrected chi connectivity index (χ1v) is 10.2. The minimum atomic E-state index is -4.75. The van der Waals surface area contributed by atoms with Crippen molar-refractivity contribution in [1.82, 2.24) is 4.57 Å². The predicted molar refractivity (Wildman–Crippen MR) is 121 cm³/mol. The van der Waals surface area contributed by atoms with E-state index in [1.165, 1.54) is 43.0 Å². The van der Waals surface area contributed by atoms with E-state index in [4.69, 9.17) is 5.73 Å². The quantitative estimate of drug-likeness (QED) is 0.464. The van der Waals surface area contributed by atoms with Crippen LogP contribution in [0.3, 0.4) is 0 Å². The number of ether oxygens (including phenoxy) is 1. The van der Waals surface area contributed by atoms with Crippen LogP contribution >= 0.6 is 0 Å². The number of carbonyl (C=O) groups is 1. The SMILES string of the molecule is COC(=O)[C@@H](N)Cc1cccc2c(-c3c(C(F)(F)F)c4ccccc4n(C)c3=O)cccc12. The van der Waals surface area contributed by atoms with Crippen LogP contribution in [0.1, 0.15) is 11.1 Å². The lowest BCUT2D eigenvalue weighted by molar-refractivity contribution is -0.142. The van der Waals surface area contributed by atoms with Crippen molar-refractivity contribution in [2.75, 3.05) is 7.11 Å². The Morgan fingerprint density at radius 2 is 1.64 bits per heavy atom. The molecule has 4 rings (SSSR count). The Kier molecular flexibility index (Phi) is 5.71. The summed E-state index contributed by atoms with van der Waals surface area (Å²) in [5, 5.41) is 1.02. The highest BCUT2D eigenvalue weighted by molar-refractivity contribution is 6.01. The minimum absolute atomic E-state index is 0.0528. The van der Waals surface area contributed by atoms with Crippen molar-refractivity contribution in [3.05, 3.63) is 82.1 Å². The highest BCUT2D eigenvalue weighted by Gasteiger charge is 2.38. The number of aromatic nitrogens is 1. The van der Waals surface area contributed by atoms with Gasteiger partial charge in [0.1, 0.15) is 6.04 Å². The normalized spacial score (nSPS) is 12.8. The summed E-state index contributed by atoms with van der Waals surface area (Å²) < 4.78 is 48.9. The third-order valence-corrected chi connectivity index (χ3v) is 5.81. The van der Waals surface area contributed by atoms with Crippen molar-refractivity contribution in [1.29, 1.82) is 0 Å². The molecule has 5 nitrogen and oxygen atoms in total. The second-order valence-electron chi connectivity index (χ2n) is 7.78. The molecule has 4 aromatic rings. The van der Waals surface area contributed by atoms with Crippen LogP contribution in [0.2, 0.25) is 0 Å². The first-order chi connectivity index (χ1) is 15.6. The molecule has 0 bridgehead atoms. The van der Waals surface area contributed by atoms with Gasteiger partial charge in [-0.15, -0.1) is 0 Å². The van der Waals surface area contributed by atoms with E-state index in [0.717, 1.165) is 0 Å². The number of halogens is 3. The minimum Gasteiger partial charge on any atom is -0.468 e. The fourth-order valence-electron chi connectivity index (χ4n) is 4.28. The monoisotopic (exact) mass is 454 g/mol. The van der Waals surface area contributed by atoms with E-state index >= 15 is 0 Å². The van der Waals surface area contributed by atoms with Crippen LogP contribution in [0.4, 0.5) is 13.2 Å². The van der Waals surface area contributed by atoms with Gasteiger partial charge >= 0.3 is 12.1 Å². The number of hydrogen-bond donors (Lipinski definition) is 1. The zero-order chi connectivity index (χ0) is 23.9. The van der Waals surface area contributed by atoms with Crippen molar-refractivity contribution in [2.24, 2.45) is 12.8 Å². The third kappa shape index (κ3) is 3.87. The number of para-hydroxylation sites is 1. The van der Waals surface area contributed by atoms with Crippen LogP contribution in [-0.4, -0.2) is 23.7 Å². The van der Waals surface area contributed by atoms with E-state index in [0.29, 0.717) is 16.3 Å².